The van der Waals surface area contributed by atoms with E-state index in [4.69, 9.17) is 0 Å². The molecule has 2 aromatic carbocycles. The smallest absolute Gasteiger partial charge is 0.251 e. The first kappa shape index (κ1) is 21.8. The molecule has 0 heterocycles. The van der Waals surface area contributed by atoms with E-state index in [1.165, 1.54) is 18.7 Å². The van der Waals surface area contributed by atoms with Crippen LogP contribution in [0.1, 0.15) is 35.8 Å². The molecule has 0 bridgehead atoms. The van der Waals surface area contributed by atoms with Crippen molar-refractivity contribution in [3.63, 3.8) is 0 Å². The number of anilines is 2. The molecule has 28 heavy (non-hydrogen) atoms. The SMILES string of the molecule is CSc1cc(C(=O)NC(C)c2cccc(NS(C)(=O)=O)c2)ccc1NC(C)=O. The summed E-state index contributed by atoms with van der Waals surface area (Å²) in [5, 5.41) is 5.64. The summed E-state index contributed by atoms with van der Waals surface area (Å²) >= 11 is 1.43. The van der Waals surface area contributed by atoms with Crippen molar-refractivity contribution in [1.82, 2.24) is 5.32 Å². The first-order valence-electron chi connectivity index (χ1n) is 8.43. The van der Waals surface area contributed by atoms with Crippen molar-refractivity contribution < 1.29 is 18.0 Å². The lowest BCUT2D eigenvalue weighted by atomic mass is 10.1. The Morgan fingerprint density at radius 3 is 2.43 bits per heavy atom. The van der Waals surface area contributed by atoms with Crippen LogP contribution < -0.4 is 15.4 Å². The largest absolute Gasteiger partial charge is 0.346 e. The predicted molar refractivity (Wildman–Crippen MR) is 113 cm³/mol. The van der Waals surface area contributed by atoms with Gasteiger partial charge in [0.25, 0.3) is 5.91 Å². The zero-order valence-electron chi connectivity index (χ0n) is 16.1. The molecule has 0 fully saturated rings. The molecule has 0 aliphatic rings. The van der Waals surface area contributed by atoms with Crippen molar-refractivity contribution in [2.24, 2.45) is 0 Å². The van der Waals surface area contributed by atoms with Gasteiger partial charge in [0.2, 0.25) is 15.9 Å². The highest BCUT2D eigenvalue weighted by Gasteiger charge is 2.14. The second-order valence-electron chi connectivity index (χ2n) is 6.29. The van der Waals surface area contributed by atoms with Gasteiger partial charge in [0.1, 0.15) is 0 Å². The number of benzene rings is 2. The molecule has 0 aliphatic heterocycles. The lowest BCUT2D eigenvalue weighted by Crippen LogP contribution is -2.26. The molecule has 1 unspecified atom stereocenters. The van der Waals surface area contributed by atoms with E-state index < -0.39 is 10.0 Å². The standard InChI is InChI=1S/C19H23N3O4S2/c1-12(14-6-5-7-16(10-14)22-28(4,25)26)20-19(24)15-8-9-17(21-13(2)23)18(11-15)27-3/h5-12,22H,1-4H3,(H,20,24)(H,21,23). The van der Waals surface area contributed by atoms with Crippen molar-refractivity contribution in [1.29, 1.82) is 0 Å². The normalized spacial score (nSPS) is 12.1. The van der Waals surface area contributed by atoms with Gasteiger partial charge in [-0.3, -0.25) is 14.3 Å². The van der Waals surface area contributed by atoms with E-state index in [2.05, 4.69) is 15.4 Å². The van der Waals surface area contributed by atoms with Crippen LogP contribution in [0.2, 0.25) is 0 Å². The Hall–Kier alpha value is -2.52. The number of rotatable bonds is 7. The van der Waals surface area contributed by atoms with E-state index in [0.29, 0.717) is 16.9 Å². The predicted octanol–water partition coefficient (Wildman–Crippen LogP) is 3.23. The van der Waals surface area contributed by atoms with Crippen LogP contribution in [0.15, 0.2) is 47.4 Å². The summed E-state index contributed by atoms with van der Waals surface area (Å²) in [6.07, 6.45) is 2.95. The molecule has 0 aromatic heterocycles. The maximum atomic E-state index is 12.6. The molecular formula is C19H23N3O4S2. The Balaban J connectivity index is 2.16. The maximum Gasteiger partial charge on any atom is 0.251 e. The summed E-state index contributed by atoms with van der Waals surface area (Å²) in [6, 6.07) is 11.6. The van der Waals surface area contributed by atoms with E-state index >= 15 is 0 Å². The monoisotopic (exact) mass is 421 g/mol. The van der Waals surface area contributed by atoms with E-state index in [1.54, 1.807) is 36.4 Å². The number of nitrogens with one attached hydrogen (secondary N) is 3. The van der Waals surface area contributed by atoms with Gasteiger partial charge in [0.05, 0.1) is 18.0 Å². The van der Waals surface area contributed by atoms with Crippen LogP contribution in [0.4, 0.5) is 11.4 Å². The average molecular weight is 422 g/mol. The fourth-order valence-electron chi connectivity index (χ4n) is 2.57. The molecule has 1 atom stereocenters. The lowest BCUT2D eigenvalue weighted by Gasteiger charge is -2.16. The number of thioether (sulfide) groups is 1. The van der Waals surface area contributed by atoms with Gasteiger partial charge in [-0.15, -0.1) is 11.8 Å². The molecule has 0 radical (unpaired) electrons. The topological polar surface area (TPSA) is 104 Å². The van der Waals surface area contributed by atoms with Crippen LogP contribution in [0.5, 0.6) is 0 Å². The van der Waals surface area contributed by atoms with E-state index in [0.717, 1.165) is 16.7 Å². The van der Waals surface area contributed by atoms with Crippen molar-refractivity contribution in [2.75, 3.05) is 22.6 Å². The quantitative estimate of drug-likeness (QED) is 0.596. The molecule has 7 nitrogen and oxygen atoms in total. The van der Waals surface area contributed by atoms with Crippen molar-refractivity contribution >= 4 is 45.0 Å². The number of amides is 2. The molecule has 150 valence electrons. The Labute approximate surface area is 169 Å². The van der Waals surface area contributed by atoms with E-state index in [-0.39, 0.29) is 17.9 Å². The summed E-state index contributed by atoms with van der Waals surface area (Å²) in [7, 11) is -3.38. The first-order valence-corrected chi connectivity index (χ1v) is 11.5. The van der Waals surface area contributed by atoms with Gasteiger partial charge >= 0.3 is 0 Å². The number of hydrogen-bond acceptors (Lipinski definition) is 5. The zero-order valence-corrected chi connectivity index (χ0v) is 17.7. The summed E-state index contributed by atoms with van der Waals surface area (Å²) in [4.78, 5) is 24.7. The molecule has 0 saturated carbocycles. The minimum Gasteiger partial charge on any atom is -0.346 e. The molecule has 2 aromatic rings. The van der Waals surface area contributed by atoms with Crippen molar-refractivity contribution in [3.05, 3.63) is 53.6 Å². The van der Waals surface area contributed by atoms with E-state index in [9.17, 15) is 18.0 Å². The number of carbonyl (C=O) groups is 2. The number of hydrogen-bond donors (Lipinski definition) is 3. The summed E-state index contributed by atoms with van der Waals surface area (Å²) < 4.78 is 25.2. The highest BCUT2D eigenvalue weighted by molar-refractivity contribution is 7.98. The Morgan fingerprint density at radius 1 is 1.11 bits per heavy atom. The highest BCUT2D eigenvalue weighted by Crippen LogP contribution is 2.27. The van der Waals surface area contributed by atoms with Gasteiger partial charge in [-0.1, -0.05) is 12.1 Å². The van der Waals surface area contributed by atoms with Gasteiger partial charge < -0.3 is 10.6 Å². The minimum atomic E-state index is -3.38. The van der Waals surface area contributed by atoms with Gasteiger partial charge in [0.15, 0.2) is 0 Å². The second kappa shape index (κ2) is 9.11. The third kappa shape index (κ3) is 6.28. The molecular weight excluding hydrogens is 398 g/mol. The van der Waals surface area contributed by atoms with Crippen LogP contribution in [0, 0.1) is 0 Å². The maximum absolute atomic E-state index is 12.6. The summed E-state index contributed by atoms with van der Waals surface area (Å²) in [5.74, 6) is -0.442. The molecule has 0 spiro atoms. The van der Waals surface area contributed by atoms with Crippen LogP contribution in [-0.4, -0.2) is 32.7 Å². The zero-order chi connectivity index (χ0) is 20.9. The lowest BCUT2D eigenvalue weighted by molar-refractivity contribution is -0.114. The van der Waals surface area contributed by atoms with Gasteiger partial charge in [-0.2, -0.15) is 0 Å². The molecule has 0 saturated heterocycles. The van der Waals surface area contributed by atoms with Crippen molar-refractivity contribution in [3.8, 4) is 0 Å². The van der Waals surface area contributed by atoms with Crippen molar-refractivity contribution in [2.45, 2.75) is 24.8 Å². The van der Waals surface area contributed by atoms with Gasteiger partial charge in [0, 0.05) is 23.1 Å². The average Bonchev–Trinajstić information content (AvgIpc) is 2.60. The molecule has 3 N–H and O–H groups in total. The fraction of sp³-hybridized carbons (Fsp3) is 0.263. The van der Waals surface area contributed by atoms with Crippen LogP contribution >= 0.6 is 11.8 Å². The summed E-state index contributed by atoms with van der Waals surface area (Å²) in [6.45, 7) is 3.25. The van der Waals surface area contributed by atoms with Crippen LogP contribution in [0.3, 0.4) is 0 Å². The fourth-order valence-corrected chi connectivity index (χ4v) is 3.71. The Kier molecular flexibility index (Phi) is 7.09. The van der Waals surface area contributed by atoms with Gasteiger partial charge in [-0.25, -0.2) is 8.42 Å². The second-order valence-corrected chi connectivity index (χ2v) is 8.89. The summed E-state index contributed by atoms with van der Waals surface area (Å²) in [5.41, 5.74) is 2.33. The Bertz CT molecular complexity index is 990. The number of carbonyl (C=O) groups excluding carboxylic acids is 2. The molecule has 0 aliphatic carbocycles. The molecule has 2 rings (SSSR count). The Morgan fingerprint density at radius 2 is 1.82 bits per heavy atom. The van der Waals surface area contributed by atoms with Gasteiger partial charge in [-0.05, 0) is 49.1 Å². The molecule has 9 heteroatoms. The van der Waals surface area contributed by atoms with Crippen LogP contribution in [-0.2, 0) is 14.8 Å². The minimum absolute atomic E-state index is 0.177. The number of sulfonamides is 1. The highest BCUT2D eigenvalue weighted by atomic mass is 32.2. The third-order valence-electron chi connectivity index (χ3n) is 3.81. The molecule has 2 amide bonds. The third-order valence-corrected chi connectivity index (χ3v) is 5.20. The first-order chi connectivity index (χ1) is 13.1. The van der Waals surface area contributed by atoms with E-state index in [1.807, 2.05) is 19.2 Å². The van der Waals surface area contributed by atoms with Crippen LogP contribution in [0.25, 0.3) is 0 Å².